The molecule has 0 spiro atoms. The fraction of sp³-hybridized carbons (Fsp3) is 0.316. The van der Waals surface area contributed by atoms with Crippen molar-refractivity contribution in [3.8, 4) is 0 Å². The standard InChI is InChI=1S/C19H22O4/c1-3-23-17(20)14-19(21,16-12-8-5-9-13-16)18(22-2)15-10-6-4-7-11-15/h4-13,18,21H,3,14H2,1-2H3/t18-,19+/m0/s1. The molecule has 0 saturated carbocycles. The minimum absolute atomic E-state index is 0.182. The van der Waals surface area contributed by atoms with Crippen LogP contribution in [0.4, 0.5) is 0 Å². The summed E-state index contributed by atoms with van der Waals surface area (Å²) in [5, 5.41) is 11.4. The number of methoxy groups -OCH3 is 1. The number of rotatable bonds is 7. The molecule has 4 nitrogen and oxygen atoms in total. The molecule has 0 amide bonds. The van der Waals surface area contributed by atoms with Crippen LogP contribution in [0.5, 0.6) is 0 Å². The van der Waals surface area contributed by atoms with Gasteiger partial charge in [-0.2, -0.15) is 0 Å². The van der Waals surface area contributed by atoms with E-state index in [4.69, 9.17) is 9.47 Å². The number of hydrogen-bond donors (Lipinski definition) is 1. The Morgan fingerprint density at radius 1 is 1.09 bits per heavy atom. The lowest BCUT2D eigenvalue weighted by atomic mass is 9.81. The zero-order valence-corrected chi connectivity index (χ0v) is 13.4. The average Bonchev–Trinajstić information content (AvgIpc) is 2.57. The molecule has 0 aliphatic carbocycles. The van der Waals surface area contributed by atoms with Gasteiger partial charge in [0.1, 0.15) is 11.7 Å². The quantitative estimate of drug-likeness (QED) is 0.797. The van der Waals surface area contributed by atoms with Crippen LogP contribution in [0.2, 0.25) is 0 Å². The molecule has 122 valence electrons. The lowest BCUT2D eigenvalue weighted by molar-refractivity contribution is -0.159. The maximum atomic E-state index is 12.0. The molecule has 2 rings (SSSR count). The average molecular weight is 314 g/mol. The Morgan fingerprint density at radius 3 is 2.17 bits per heavy atom. The van der Waals surface area contributed by atoms with Crippen molar-refractivity contribution in [2.45, 2.75) is 25.0 Å². The largest absolute Gasteiger partial charge is 0.466 e. The van der Waals surface area contributed by atoms with E-state index in [0.717, 1.165) is 5.56 Å². The molecule has 1 N–H and O–H groups in total. The van der Waals surface area contributed by atoms with Gasteiger partial charge in [-0.25, -0.2) is 0 Å². The number of aliphatic hydroxyl groups is 1. The van der Waals surface area contributed by atoms with Crippen molar-refractivity contribution in [2.75, 3.05) is 13.7 Å². The second-order valence-electron chi connectivity index (χ2n) is 5.30. The predicted molar refractivity (Wildman–Crippen MR) is 87.8 cm³/mol. The monoisotopic (exact) mass is 314 g/mol. The van der Waals surface area contributed by atoms with Gasteiger partial charge in [0.2, 0.25) is 0 Å². The van der Waals surface area contributed by atoms with Crippen molar-refractivity contribution >= 4 is 5.97 Å². The maximum Gasteiger partial charge on any atom is 0.309 e. The van der Waals surface area contributed by atoms with Gasteiger partial charge < -0.3 is 14.6 Å². The molecule has 0 bridgehead atoms. The van der Waals surface area contributed by atoms with Crippen molar-refractivity contribution < 1.29 is 19.4 Å². The lowest BCUT2D eigenvalue weighted by Gasteiger charge is -2.35. The van der Waals surface area contributed by atoms with E-state index >= 15 is 0 Å². The molecular formula is C19H22O4. The highest BCUT2D eigenvalue weighted by Crippen LogP contribution is 2.40. The van der Waals surface area contributed by atoms with Crippen LogP contribution in [0, 0.1) is 0 Å². The first-order valence-electron chi connectivity index (χ1n) is 7.63. The number of esters is 1. The summed E-state index contributed by atoms with van der Waals surface area (Å²) in [4.78, 5) is 12.0. The zero-order chi connectivity index (χ0) is 16.7. The highest BCUT2D eigenvalue weighted by Gasteiger charge is 2.42. The highest BCUT2D eigenvalue weighted by atomic mass is 16.5. The van der Waals surface area contributed by atoms with E-state index in [1.54, 1.807) is 19.1 Å². The molecule has 2 aromatic rings. The lowest BCUT2D eigenvalue weighted by Crippen LogP contribution is -2.37. The fourth-order valence-electron chi connectivity index (χ4n) is 2.74. The summed E-state index contributed by atoms with van der Waals surface area (Å²) in [7, 11) is 1.52. The van der Waals surface area contributed by atoms with E-state index in [1.807, 2.05) is 48.5 Å². The third kappa shape index (κ3) is 3.97. The van der Waals surface area contributed by atoms with Crippen LogP contribution in [-0.2, 0) is 19.9 Å². The van der Waals surface area contributed by atoms with Gasteiger partial charge in [-0.05, 0) is 18.1 Å². The van der Waals surface area contributed by atoms with Crippen LogP contribution < -0.4 is 0 Å². The first-order chi connectivity index (χ1) is 11.1. The summed E-state index contributed by atoms with van der Waals surface area (Å²) >= 11 is 0. The molecule has 0 saturated heterocycles. The van der Waals surface area contributed by atoms with Crippen molar-refractivity contribution in [1.82, 2.24) is 0 Å². The third-order valence-electron chi connectivity index (χ3n) is 3.76. The van der Waals surface area contributed by atoms with Gasteiger partial charge in [0, 0.05) is 7.11 Å². The van der Waals surface area contributed by atoms with Gasteiger partial charge in [0.05, 0.1) is 13.0 Å². The van der Waals surface area contributed by atoms with E-state index in [0.29, 0.717) is 5.56 Å². The highest BCUT2D eigenvalue weighted by molar-refractivity contribution is 5.71. The Hall–Kier alpha value is -2.17. The Labute approximate surface area is 136 Å². The molecule has 0 aliphatic rings. The summed E-state index contributed by atoms with van der Waals surface area (Å²) in [6.45, 7) is 2.01. The first kappa shape index (κ1) is 17.2. The van der Waals surface area contributed by atoms with Crippen molar-refractivity contribution in [3.63, 3.8) is 0 Å². The number of hydrogen-bond acceptors (Lipinski definition) is 4. The molecule has 0 fully saturated rings. The number of benzene rings is 2. The topological polar surface area (TPSA) is 55.8 Å². The van der Waals surface area contributed by atoms with Gasteiger partial charge in [0.15, 0.2) is 0 Å². The Bertz CT molecular complexity index is 612. The summed E-state index contributed by atoms with van der Waals surface area (Å²) in [6, 6.07) is 18.4. The van der Waals surface area contributed by atoms with Crippen LogP contribution >= 0.6 is 0 Å². The zero-order valence-electron chi connectivity index (χ0n) is 13.4. The van der Waals surface area contributed by atoms with Crippen LogP contribution in [0.25, 0.3) is 0 Å². The Balaban J connectivity index is 2.45. The van der Waals surface area contributed by atoms with Crippen LogP contribution in [0.3, 0.4) is 0 Å². The Morgan fingerprint density at radius 2 is 1.65 bits per heavy atom. The molecule has 0 unspecified atom stereocenters. The second kappa shape index (κ2) is 7.90. The molecular weight excluding hydrogens is 292 g/mol. The molecule has 2 atom stereocenters. The minimum Gasteiger partial charge on any atom is -0.466 e. The molecule has 4 heteroatoms. The number of carbonyl (C=O) groups excluding carboxylic acids is 1. The van der Waals surface area contributed by atoms with E-state index in [-0.39, 0.29) is 13.0 Å². The van der Waals surface area contributed by atoms with Crippen LogP contribution in [0.1, 0.15) is 30.6 Å². The van der Waals surface area contributed by atoms with Gasteiger partial charge >= 0.3 is 5.97 Å². The second-order valence-corrected chi connectivity index (χ2v) is 5.30. The van der Waals surface area contributed by atoms with Crippen LogP contribution in [-0.4, -0.2) is 24.8 Å². The van der Waals surface area contributed by atoms with Gasteiger partial charge in [0.25, 0.3) is 0 Å². The molecule has 0 radical (unpaired) electrons. The van der Waals surface area contributed by atoms with Gasteiger partial charge in [-0.1, -0.05) is 60.7 Å². The van der Waals surface area contributed by atoms with Gasteiger partial charge in [-0.3, -0.25) is 4.79 Å². The van der Waals surface area contributed by atoms with Gasteiger partial charge in [-0.15, -0.1) is 0 Å². The predicted octanol–water partition coefficient (Wildman–Crippen LogP) is 3.22. The van der Waals surface area contributed by atoms with E-state index in [9.17, 15) is 9.90 Å². The van der Waals surface area contributed by atoms with Crippen molar-refractivity contribution in [3.05, 3.63) is 71.8 Å². The molecule has 0 aromatic heterocycles. The minimum atomic E-state index is -1.51. The maximum absolute atomic E-state index is 12.0. The SMILES string of the molecule is CCOC(=O)C[C@@](O)(c1ccccc1)[C@@H](OC)c1ccccc1. The van der Waals surface area contributed by atoms with Crippen molar-refractivity contribution in [2.24, 2.45) is 0 Å². The van der Waals surface area contributed by atoms with E-state index in [2.05, 4.69) is 0 Å². The molecule has 0 heterocycles. The molecule has 0 aliphatic heterocycles. The molecule has 2 aromatic carbocycles. The molecule has 23 heavy (non-hydrogen) atoms. The normalized spacial score (nSPS) is 14.7. The third-order valence-corrected chi connectivity index (χ3v) is 3.76. The smallest absolute Gasteiger partial charge is 0.309 e. The van der Waals surface area contributed by atoms with Crippen molar-refractivity contribution in [1.29, 1.82) is 0 Å². The van der Waals surface area contributed by atoms with E-state index < -0.39 is 17.7 Å². The summed E-state index contributed by atoms with van der Waals surface area (Å²) in [6.07, 6.45) is -0.867. The Kier molecular flexibility index (Phi) is 5.90. The summed E-state index contributed by atoms with van der Waals surface area (Å²) < 4.78 is 10.6. The number of ether oxygens (including phenoxy) is 2. The van der Waals surface area contributed by atoms with E-state index in [1.165, 1.54) is 7.11 Å². The number of carbonyl (C=O) groups is 1. The first-order valence-corrected chi connectivity index (χ1v) is 7.63. The summed E-state index contributed by atoms with van der Waals surface area (Å²) in [5.41, 5.74) is -0.0988. The summed E-state index contributed by atoms with van der Waals surface area (Å²) in [5.74, 6) is -0.461. The van der Waals surface area contributed by atoms with Crippen LogP contribution in [0.15, 0.2) is 60.7 Å². The fourth-order valence-corrected chi connectivity index (χ4v) is 2.74.